The highest BCUT2D eigenvalue weighted by Gasteiger charge is 2.33. The molecule has 2 nitrogen and oxygen atoms in total. The molecular formula is C16H28BrNOS. The first-order valence-electron chi connectivity index (χ1n) is 7.47. The van der Waals surface area contributed by atoms with Gasteiger partial charge in [0.2, 0.25) is 0 Å². The van der Waals surface area contributed by atoms with Crippen LogP contribution in [0.1, 0.15) is 45.9 Å². The third kappa shape index (κ3) is 5.47. The summed E-state index contributed by atoms with van der Waals surface area (Å²) in [6.45, 7) is 12.9. The predicted molar refractivity (Wildman–Crippen MR) is 92.7 cm³/mol. The molecule has 4 heteroatoms. The highest BCUT2D eigenvalue weighted by Crippen LogP contribution is 2.30. The van der Waals surface area contributed by atoms with E-state index in [-0.39, 0.29) is 11.5 Å². The van der Waals surface area contributed by atoms with Crippen LogP contribution in [0.3, 0.4) is 0 Å². The van der Waals surface area contributed by atoms with Crippen molar-refractivity contribution in [1.82, 2.24) is 5.32 Å². The number of ether oxygens (including phenoxy) is 1. The molecule has 0 radical (unpaired) electrons. The van der Waals surface area contributed by atoms with Gasteiger partial charge in [0.25, 0.3) is 0 Å². The summed E-state index contributed by atoms with van der Waals surface area (Å²) in [5, 5.41) is 5.83. The lowest BCUT2D eigenvalue weighted by Crippen LogP contribution is -2.49. The minimum absolute atomic E-state index is 0.130. The van der Waals surface area contributed by atoms with E-state index in [1.54, 1.807) is 0 Å². The molecule has 1 rings (SSSR count). The van der Waals surface area contributed by atoms with Crippen LogP contribution in [0.25, 0.3) is 0 Å². The van der Waals surface area contributed by atoms with E-state index < -0.39 is 0 Å². The molecule has 0 spiro atoms. The topological polar surface area (TPSA) is 21.3 Å². The van der Waals surface area contributed by atoms with Crippen LogP contribution in [0.2, 0.25) is 0 Å². The Balaban J connectivity index is 2.87. The van der Waals surface area contributed by atoms with Crippen LogP contribution < -0.4 is 5.32 Å². The minimum Gasteiger partial charge on any atom is -0.376 e. The van der Waals surface area contributed by atoms with Crippen LogP contribution in [0.4, 0.5) is 0 Å². The van der Waals surface area contributed by atoms with E-state index >= 15 is 0 Å². The van der Waals surface area contributed by atoms with E-state index in [1.807, 2.05) is 11.3 Å². The number of hydrogen-bond donors (Lipinski definition) is 1. The molecule has 0 aliphatic carbocycles. The van der Waals surface area contributed by atoms with Crippen molar-refractivity contribution in [3.8, 4) is 0 Å². The fourth-order valence-electron chi connectivity index (χ4n) is 2.44. The molecule has 1 N–H and O–H groups in total. The third-order valence-corrected chi connectivity index (χ3v) is 5.27. The third-order valence-electron chi connectivity index (χ3n) is 3.32. The van der Waals surface area contributed by atoms with Crippen molar-refractivity contribution in [2.24, 2.45) is 5.41 Å². The summed E-state index contributed by atoms with van der Waals surface area (Å²) >= 11 is 5.46. The Labute approximate surface area is 136 Å². The summed E-state index contributed by atoms with van der Waals surface area (Å²) < 4.78 is 7.30. The van der Waals surface area contributed by atoms with Crippen molar-refractivity contribution in [3.05, 3.63) is 20.8 Å². The van der Waals surface area contributed by atoms with Gasteiger partial charge >= 0.3 is 0 Å². The van der Waals surface area contributed by atoms with Gasteiger partial charge in [-0.05, 0) is 52.7 Å². The summed E-state index contributed by atoms with van der Waals surface area (Å²) in [7, 11) is 0. The second-order valence-electron chi connectivity index (χ2n) is 6.20. The van der Waals surface area contributed by atoms with Crippen molar-refractivity contribution in [2.75, 3.05) is 13.2 Å². The van der Waals surface area contributed by atoms with Gasteiger partial charge in [0.05, 0.1) is 6.10 Å². The van der Waals surface area contributed by atoms with E-state index in [1.165, 1.54) is 9.35 Å². The van der Waals surface area contributed by atoms with Crippen LogP contribution in [0, 0.1) is 5.41 Å². The Hall–Kier alpha value is 0.1000. The molecule has 2 unspecified atom stereocenters. The molecule has 116 valence electrons. The number of hydrogen-bond acceptors (Lipinski definition) is 3. The van der Waals surface area contributed by atoms with Crippen LogP contribution in [-0.2, 0) is 11.2 Å². The smallest absolute Gasteiger partial charge is 0.0779 e. The van der Waals surface area contributed by atoms with Gasteiger partial charge in [0, 0.05) is 28.4 Å². The molecule has 0 fully saturated rings. The Morgan fingerprint density at radius 1 is 1.35 bits per heavy atom. The SMILES string of the molecule is CCCNC(Cc1sccc1Br)C(OCC)C(C)(C)C. The minimum atomic E-state index is 0.130. The van der Waals surface area contributed by atoms with E-state index in [0.29, 0.717) is 6.04 Å². The van der Waals surface area contributed by atoms with Crippen LogP contribution in [-0.4, -0.2) is 25.3 Å². The zero-order chi connectivity index (χ0) is 15.2. The molecule has 2 atom stereocenters. The fraction of sp³-hybridized carbons (Fsp3) is 0.750. The molecule has 0 aliphatic rings. The average molecular weight is 362 g/mol. The summed E-state index contributed by atoms with van der Waals surface area (Å²) in [5.41, 5.74) is 0.130. The van der Waals surface area contributed by atoms with Crippen molar-refractivity contribution in [2.45, 2.75) is 59.6 Å². The first kappa shape index (κ1) is 18.1. The zero-order valence-corrected chi connectivity index (χ0v) is 15.7. The van der Waals surface area contributed by atoms with Crippen LogP contribution >= 0.6 is 27.3 Å². The highest BCUT2D eigenvalue weighted by atomic mass is 79.9. The second-order valence-corrected chi connectivity index (χ2v) is 8.05. The van der Waals surface area contributed by atoms with Gasteiger partial charge in [-0.3, -0.25) is 0 Å². The number of nitrogens with one attached hydrogen (secondary N) is 1. The Bertz CT molecular complexity index is 386. The first-order chi connectivity index (χ1) is 9.40. The molecular weight excluding hydrogens is 334 g/mol. The molecule has 0 aliphatic heterocycles. The quantitative estimate of drug-likeness (QED) is 0.712. The molecule has 20 heavy (non-hydrogen) atoms. The maximum Gasteiger partial charge on any atom is 0.0779 e. The normalized spacial score (nSPS) is 15.3. The molecule has 1 aromatic heterocycles. The van der Waals surface area contributed by atoms with Crippen molar-refractivity contribution >= 4 is 27.3 Å². The average Bonchev–Trinajstić information content (AvgIpc) is 2.76. The fourth-order valence-corrected chi connectivity index (χ4v) is 4.01. The molecule has 0 amide bonds. The summed E-state index contributed by atoms with van der Waals surface area (Å²) in [5.74, 6) is 0. The molecule has 0 saturated carbocycles. The Kier molecular flexibility index (Phi) is 7.73. The van der Waals surface area contributed by atoms with E-state index in [9.17, 15) is 0 Å². The molecule has 0 aromatic carbocycles. The maximum atomic E-state index is 6.08. The zero-order valence-electron chi connectivity index (χ0n) is 13.3. The van der Waals surface area contributed by atoms with Crippen LogP contribution in [0.5, 0.6) is 0 Å². The summed E-state index contributed by atoms with van der Waals surface area (Å²) in [6, 6.07) is 2.48. The monoisotopic (exact) mass is 361 g/mol. The van der Waals surface area contributed by atoms with E-state index in [4.69, 9.17) is 4.74 Å². The molecule has 0 saturated heterocycles. The van der Waals surface area contributed by atoms with Gasteiger partial charge in [-0.15, -0.1) is 11.3 Å². The lowest BCUT2D eigenvalue weighted by atomic mass is 9.83. The maximum absolute atomic E-state index is 6.08. The molecule has 1 aromatic rings. The lowest BCUT2D eigenvalue weighted by molar-refractivity contribution is -0.0353. The summed E-state index contributed by atoms with van der Waals surface area (Å²) in [4.78, 5) is 1.40. The predicted octanol–water partition coefficient (Wildman–Crippen LogP) is 4.87. The second kappa shape index (κ2) is 8.52. The number of rotatable bonds is 8. The largest absolute Gasteiger partial charge is 0.376 e. The van der Waals surface area contributed by atoms with Gasteiger partial charge in [-0.2, -0.15) is 0 Å². The standard InChI is InChI=1S/C16H28BrNOS/c1-6-9-18-13(11-14-12(17)8-10-20-14)15(19-7-2)16(3,4)5/h8,10,13,15,18H,6-7,9,11H2,1-5H3. The lowest BCUT2D eigenvalue weighted by Gasteiger charge is -2.37. The van der Waals surface area contributed by atoms with Gasteiger partial charge < -0.3 is 10.1 Å². The Morgan fingerprint density at radius 3 is 2.50 bits per heavy atom. The van der Waals surface area contributed by atoms with Gasteiger partial charge in [-0.25, -0.2) is 0 Å². The van der Waals surface area contributed by atoms with Crippen molar-refractivity contribution in [3.63, 3.8) is 0 Å². The van der Waals surface area contributed by atoms with Gasteiger partial charge in [0.1, 0.15) is 0 Å². The van der Waals surface area contributed by atoms with E-state index in [0.717, 1.165) is 26.0 Å². The van der Waals surface area contributed by atoms with Gasteiger partial charge in [-0.1, -0.05) is 27.7 Å². The number of halogens is 1. The van der Waals surface area contributed by atoms with Crippen molar-refractivity contribution < 1.29 is 4.74 Å². The Morgan fingerprint density at radius 2 is 2.05 bits per heavy atom. The summed E-state index contributed by atoms with van der Waals surface area (Å²) in [6.07, 6.45) is 2.37. The number of thiophene rings is 1. The molecule has 0 bridgehead atoms. The highest BCUT2D eigenvalue weighted by molar-refractivity contribution is 9.10. The van der Waals surface area contributed by atoms with E-state index in [2.05, 4.69) is 67.3 Å². The first-order valence-corrected chi connectivity index (χ1v) is 9.14. The van der Waals surface area contributed by atoms with Gasteiger partial charge in [0.15, 0.2) is 0 Å². The molecule has 1 heterocycles. The van der Waals surface area contributed by atoms with Crippen LogP contribution in [0.15, 0.2) is 15.9 Å². The van der Waals surface area contributed by atoms with Crippen molar-refractivity contribution in [1.29, 1.82) is 0 Å².